The van der Waals surface area contributed by atoms with E-state index in [1.54, 1.807) is 11.3 Å². The lowest BCUT2D eigenvalue weighted by Gasteiger charge is -2.24. The molecule has 0 spiro atoms. The number of hydrogen-bond acceptors (Lipinski definition) is 5. The maximum Gasteiger partial charge on any atom is 0.142 e. The van der Waals surface area contributed by atoms with Gasteiger partial charge in [-0.3, -0.25) is 0 Å². The van der Waals surface area contributed by atoms with Gasteiger partial charge in [-0.15, -0.1) is 11.3 Å². The molecule has 114 valence electrons. The molecule has 0 bridgehead atoms. The third-order valence-corrected chi connectivity index (χ3v) is 5.25. The molecule has 1 fully saturated rings. The molecule has 1 aliphatic heterocycles. The van der Waals surface area contributed by atoms with E-state index in [0.29, 0.717) is 17.3 Å². The zero-order chi connectivity index (χ0) is 15.7. The van der Waals surface area contributed by atoms with E-state index in [9.17, 15) is 5.26 Å². The van der Waals surface area contributed by atoms with Crippen molar-refractivity contribution in [2.45, 2.75) is 32.6 Å². The molecule has 5 heteroatoms. The average molecular weight is 312 g/mol. The Morgan fingerprint density at radius 3 is 2.64 bits per heavy atom. The molecular formula is C17H20N4S. The number of nitrogens with one attached hydrogen (secondary N) is 1. The molecule has 0 saturated carbocycles. The molecule has 1 saturated heterocycles. The summed E-state index contributed by atoms with van der Waals surface area (Å²) in [6.07, 6.45) is 2.08. The van der Waals surface area contributed by atoms with E-state index in [-0.39, 0.29) is 0 Å². The minimum atomic E-state index is 0.358. The molecule has 0 radical (unpaired) electrons. The SMILES string of the molecule is Cc1cc(-c2cc(C3CCNCC3)c(C#N)c(N)n2)c(C)s1. The van der Waals surface area contributed by atoms with Crippen molar-refractivity contribution in [1.82, 2.24) is 10.3 Å². The van der Waals surface area contributed by atoms with E-state index < -0.39 is 0 Å². The first-order valence-electron chi connectivity index (χ1n) is 7.58. The summed E-state index contributed by atoms with van der Waals surface area (Å²) in [5.74, 6) is 0.747. The summed E-state index contributed by atoms with van der Waals surface area (Å²) < 4.78 is 0. The Balaban J connectivity index is 2.12. The van der Waals surface area contributed by atoms with E-state index in [0.717, 1.165) is 42.8 Å². The number of aromatic nitrogens is 1. The van der Waals surface area contributed by atoms with Crippen molar-refractivity contribution < 1.29 is 0 Å². The number of pyridine rings is 1. The molecule has 22 heavy (non-hydrogen) atoms. The van der Waals surface area contributed by atoms with E-state index in [4.69, 9.17) is 5.73 Å². The number of hydrogen-bond donors (Lipinski definition) is 2. The maximum atomic E-state index is 9.47. The Morgan fingerprint density at radius 2 is 2.05 bits per heavy atom. The molecular weight excluding hydrogens is 292 g/mol. The van der Waals surface area contributed by atoms with Crippen LogP contribution in [0.4, 0.5) is 5.82 Å². The largest absolute Gasteiger partial charge is 0.383 e. The van der Waals surface area contributed by atoms with Gasteiger partial charge in [0.1, 0.15) is 11.9 Å². The molecule has 3 rings (SSSR count). The van der Waals surface area contributed by atoms with Crippen molar-refractivity contribution in [3.8, 4) is 17.3 Å². The van der Waals surface area contributed by atoms with Crippen molar-refractivity contribution in [2.24, 2.45) is 0 Å². The van der Waals surface area contributed by atoms with Crippen LogP contribution in [0.3, 0.4) is 0 Å². The normalized spacial score (nSPS) is 15.7. The van der Waals surface area contributed by atoms with Crippen LogP contribution in [0, 0.1) is 25.2 Å². The van der Waals surface area contributed by atoms with Crippen LogP contribution >= 0.6 is 11.3 Å². The van der Waals surface area contributed by atoms with Gasteiger partial charge in [-0.05, 0) is 63.4 Å². The Bertz CT molecular complexity index is 736. The number of nitrogens with zero attached hydrogens (tertiary/aromatic N) is 2. The van der Waals surface area contributed by atoms with Crippen LogP contribution in [0.5, 0.6) is 0 Å². The second-order valence-electron chi connectivity index (χ2n) is 5.82. The first-order valence-corrected chi connectivity index (χ1v) is 8.40. The number of anilines is 1. The molecule has 1 aliphatic rings. The highest BCUT2D eigenvalue weighted by Gasteiger charge is 2.22. The van der Waals surface area contributed by atoms with Crippen molar-refractivity contribution in [3.63, 3.8) is 0 Å². The predicted octanol–water partition coefficient (Wildman–Crippen LogP) is 3.35. The number of rotatable bonds is 2. The van der Waals surface area contributed by atoms with Gasteiger partial charge in [-0.2, -0.15) is 5.26 Å². The molecule has 2 aromatic heterocycles. The molecule has 3 heterocycles. The van der Waals surface area contributed by atoms with Crippen LogP contribution in [0.25, 0.3) is 11.3 Å². The summed E-state index contributed by atoms with van der Waals surface area (Å²) in [6, 6.07) is 6.49. The summed E-state index contributed by atoms with van der Waals surface area (Å²) >= 11 is 1.77. The fourth-order valence-electron chi connectivity index (χ4n) is 3.19. The minimum Gasteiger partial charge on any atom is -0.383 e. The van der Waals surface area contributed by atoms with E-state index in [1.165, 1.54) is 9.75 Å². The van der Waals surface area contributed by atoms with Gasteiger partial charge in [0.15, 0.2) is 0 Å². The Labute approximate surface area is 135 Å². The molecule has 4 nitrogen and oxygen atoms in total. The van der Waals surface area contributed by atoms with Gasteiger partial charge in [0, 0.05) is 15.3 Å². The second-order valence-corrected chi connectivity index (χ2v) is 7.28. The molecule has 0 amide bonds. The Hall–Kier alpha value is -1.90. The molecule has 0 unspecified atom stereocenters. The lowest BCUT2D eigenvalue weighted by atomic mass is 9.87. The zero-order valence-electron chi connectivity index (χ0n) is 12.9. The standard InChI is InChI=1S/C17H20N4S/c1-10-7-13(11(2)22-10)16-8-14(12-3-5-20-6-4-12)15(9-18)17(19)21-16/h7-8,12,20H,3-6H2,1-2H3,(H2,19,21). The van der Waals surface area contributed by atoms with Crippen LogP contribution in [0.2, 0.25) is 0 Å². The predicted molar refractivity (Wildman–Crippen MR) is 91.0 cm³/mol. The molecule has 0 aliphatic carbocycles. The maximum absolute atomic E-state index is 9.47. The van der Waals surface area contributed by atoms with Crippen molar-refractivity contribution in [2.75, 3.05) is 18.8 Å². The van der Waals surface area contributed by atoms with Gasteiger partial charge in [0.2, 0.25) is 0 Å². The highest BCUT2D eigenvalue weighted by Crippen LogP contribution is 2.36. The van der Waals surface area contributed by atoms with Crippen LogP contribution < -0.4 is 11.1 Å². The van der Waals surface area contributed by atoms with Gasteiger partial charge in [-0.25, -0.2) is 4.98 Å². The van der Waals surface area contributed by atoms with Crippen LogP contribution in [-0.2, 0) is 0 Å². The second kappa shape index (κ2) is 6.07. The van der Waals surface area contributed by atoms with Gasteiger partial charge < -0.3 is 11.1 Å². The third kappa shape index (κ3) is 2.72. The summed E-state index contributed by atoms with van der Waals surface area (Å²) in [6.45, 7) is 6.18. The lowest BCUT2D eigenvalue weighted by molar-refractivity contribution is 0.460. The van der Waals surface area contributed by atoms with E-state index >= 15 is 0 Å². The Kier molecular flexibility index (Phi) is 4.14. The zero-order valence-corrected chi connectivity index (χ0v) is 13.8. The van der Waals surface area contributed by atoms with E-state index in [2.05, 4.69) is 42.4 Å². The summed E-state index contributed by atoms with van der Waals surface area (Å²) in [4.78, 5) is 7.00. The quantitative estimate of drug-likeness (QED) is 0.891. The first kappa shape index (κ1) is 15.0. The molecule has 0 atom stereocenters. The van der Waals surface area contributed by atoms with E-state index in [1.807, 2.05) is 0 Å². The lowest BCUT2D eigenvalue weighted by Crippen LogP contribution is -2.27. The fraction of sp³-hybridized carbons (Fsp3) is 0.412. The van der Waals surface area contributed by atoms with Crippen LogP contribution in [-0.4, -0.2) is 18.1 Å². The van der Waals surface area contributed by atoms with Crippen molar-refractivity contribution in [1.29, 1.82) is 5.26 Å². The number of nitriles is 1. The number of piperidine rings is 1. The number of nitrogens with two attached hydrogens (primary N) is 1. The summed E-state index contributed by atoms with van der Waals surface area (Å²) in [5.41, 5.74) is 9.74. The van der Waals surface area contributed by atoms with Crippen LogP contribution in [0.1, 0.15) is 39.6 Å². The van der Waals surface area contributed by atoms with Gasteiger partial charge in [0.25, 0.3) is 0 Å². The van der Waals surface area contributed by atoms with Crippen molar-refractivity contribution in [3.05, 3.63) is 33.0 Å². The Morgan fingerprint density at radius 1 is 1.32 bits per heavy atom. The average Bonchev–Trinajstić information content (AvgIpc) is 2.86. The van der Waals surface area contributed by atoms with Gasteiger partial charge in [0.05, 0.1) is 11.3 Å². The third-order valence-electron chi connectivity index (χ3n) is 4.29. The number of nitrogen functional groups attached to an aromatic ring is 1. The van der Waals surface area contributed by atoms with Crippen molar-refractivity contribution >= 4 is 17.2 Å². The monoisotopic (exact) mass is 312 g/mol. The van der Waals surface area contributed by atoms with Gasteiger partial charge in [-0.1, -0.05) is 0 Å². The highest BCUT2D eigenvalue weighted by molar-refractivity contribution is 7.12. The fourth-order valence-corrected chi connectivity index (χ4v) is 4.12. The smallest absolute Gasteiger partial charge is 0.142 e. The topological polar surface area (TPSA) is 74.7 Å². The first-order chi connectivity index (χ1) is 10.6. The molecule has 3 N–H and O–H groups in total. The van der Waals surface area contributed by atoms with Gasteiger partial charge >= 0.3 is 0 Å². The number of aryl methyl sites for hydroxylation is 2. The van der Waals surface area contributed by atoms with Crippen LogP contribution in [0.15, 0.2) is 12.1 Å². The summed E-state index contributed by atoms with van der Waals surface area (Å²) in [5, 5.41) is 12.8. The minimum absolute atomic E-state index is 0.358. The summed E-state index contributed by atoms with van der Waals surface area (Å²) in [7, 11) is 0. The molecule has 0 aromatic carbocycles. The molecule has 2 aromatic rings. The highest BCUT2D eigenvalue weighted by atomic mass is 32.1. The number of thiophene rings is 1.